The van der Waals surface area contributed by atoms with Crippen molar-refractivity contribution in [3.8, 4) is 6.07 Å². The second-order valence-electron chi connectivity index (χ2n) is 3.75. The Balaban J connectivity index is 2.34. The molecule has 6 heteroatoms. The van der Waals surface area contributed by atoms with Crippen molar-refractivity contribution in [2.75, 3.05) is 11.1 Å². The van der Waals surface area contributed by atoms with E-state index in [2.05, 4.69) is 10.3 Å². The van der Waals surface area contributed by atoms with Crippen molar-refractivity contribution in [1.29, 1.82) is 5.26 Å². The van der Waals surface area contributed by atoms with Crippen LogP contribution in [-0.2, 0) is 0 Å². The summed E-state index contributed by atoms with van der Waals surface area (Å²) in [5.74, 6) is -0.782. The highest BCUT2D eigenvalue weighted by molar-refractivity contribution is 5.89. The lowest BCUT2D eigenvalue weighted by Crippen LogP contribution is -2.04. The van der Waals surface area contributed by atoms with Crippen molar-refractivity contribution in [2.45, 2.75) is 0 Å². The van der Waals surface area contributed by atoms with Gasteiger partial charge in [-0.05, 0) is 18.2 Å². The third-order valence-corrected chi connectivity index (χ3v) is 2.46. The molecule has 0 radical (unpaired) electrons. The Morgan fingerprint density at radius 3 is 2.79 bits per heavy atom. The second kappa shape index (κ2) is 5.06. The standard InChI is InChI=1S/C13H10N4O2/c14-6-8-3-1-2-4-11(8)17-12-10(15)5-9(7-16-12)13(18)19/h1-5,7H,15H2,(H,16,17)(H,18,19). The molecule has 2 aromatic rings. The molecule has 4 N–H and O–H groups in total. The highest BCUT2D eigenvalue weighted by Crippen LogP contribution is 2.23. The molecule has 0 spiro atoms. The summed E-state index contributed by atoms with van der Waals surface area (Å²) in [6, 6.07) is 10.2. The van der Waals surface area contributed by atoms with Gasteiger partial charge in [0.15, 0.2) is 5.82 Å². The van der Waals surface area contributed by atoms with E-state index in [-0.39, 0.29) is 11.3 Å². The Labute approximate surface area is 109 Å². The molecule has 0 bridgehead atoms. The van der Waals surface area contributed by atoms with Crippen LogP contribution in [0.25, 0.3) is 0 Å². The number of hydrogen-bond donors (Lipinski definition) is 3. The molecule has 19 heavy (non-hydrogen) atoms. The Kier molecular flexibility index (Phi) is 3.30. The number of carboxylic acids is 1. The summed E-state index contributed by atoms with van der Waals surface area (Å²) in [5, 5.41) is 20.7. The molecule has 1 aromatic carbocycles. The zero-order chi connectivity index (χ0) is 13.8. The number of rotatable bonds is 3. The summed E-state index contributed by atoms with van der Waals surface area (Å²) in [7, 11) is 0. The summed E-state index contributed by atoms with van der Waals surface area (Å²) in [6.45, 7) is 0. The van der Waals surface area contributed by atoms with Crippen molar-refractivity contribution < 1.29 is 9.90 Å². The van der Waals surface area contributed by atoms with E-state index in [4.69, 9.17) is 16.1 Å². The fraction of sp³-hybridized carbons (Fsp3) is 0. The smallest absolute Gasteiger partial charge is 0.337 e. The van der Waals surface area contributed by atoms with E-state index < -0.39 is 5.97 Å². The van der Waals surface area contributed by atoms with Gasteiger partial charge in [-0.25, -0.2) is 9.78 Å². The maximum absolute atomic E-state index is 10.8. The third kappa shape index (κ3) is 2.61. The molecule has 94 valence electrons. The molecule has 0 aliphatic carbocycles. The molecule has 2 rings (SSSR count). The van der Waals surface area contributed by atoms with Crippen LogP contribution >= 0.6 is 0 Å². The number of nitrogens with two attached hydrogens (primary N) is 1. The summed E-state index contributed by atoms with van der Waals surface area (Å²) in [5.41, 5.74) is 6.95. The topological polar surface area (TPSA) is 112 Å². The molecule has 0 saturated heterocycles. The van der Waals surface area contributed by atoms with E-state index in [1.807, 2.05) is 6.07 Å². The minimum atomic E-state index is -1.09. The van der Waals surface area contributed by atoms with Gasteiger partial charge in [0.1, 0.15) is 6.07 Å². The van der Waals surface area contributed by atoms with Gasteiger partial charge in [0.2, 0.25) is 0 Å². The largest absolute Gasteiger partial charge is 0.478 e. The van der Waals surface area contributed by atoms with Gasteiger partial charge < -0.3 is 16.2 Å². The van der Waals surface area contributed by atoms with Gasteiger partial charge in [-0.1, -0.05) is 12.1 Å². The van der Waals surface area contributed by atoms with Gasteiger partial charge in [-0.15, -0.1) is 0 Å². The van der Waals surface area contributed by atoms with Crippen LogP contribution < -0.4 is 11.1 Å². The van der Waals surface area contributed by atoms with Gasteiger partial charge in [0, 0.05) is 6.20 Å². The van der Waals surface area contributed by atoms with Gasteiger partial charge >= 0.3 is 5.97 Å². The van der Waals surface area contributed by atoms with Crippen LogP contribution in [0.15, 0.2) is 36.5 Å². The number of aromatic carboxylic acids is 1. The zero-order valence-corrected chi connectivity index (χ0v) is 9.79. The molecule has 1 heterocycles. The fourth-order valence-electron chi connectivity index (χ4n) is 1.52. The third-order valence-electron chi connectivity index (χ3n) is 2.46. The van der Waals surface area contributed by atoms with Crippen LogP contribution in [0.3, 0.4) is 0 Å². The summed E-state index contributed by atoms with van der Waals surface area (Å²) in [4.78, 5) is 14.7. The highest BCUT2D eigenvalue weighted by Gasteiger charge is 2.09. The molecule has 1 aromatic heterocycles. The molecular weight excluding hydrogens is 244 g/mol. The summed E-state index contributed by atoms with van der Waals surface area (Å²) < 4.78 is 0. The molecule has 0 fully saturated rings. The van der Waals surface area contributed by atoms with Gasteiger partial charge in [0.05, 0.1) is 22.5 Å². The van der Waals surface area contributed by atoms with Crippen LogP contribution in [0, 0.1) is 11.3 Å². The predicted molar refractivity (Wildman–Crippen MR) is 70.0 cm³/mol. The number of carbonyl (C=O) groups is 1. The number of nitrogens with zero attached hydrogens (tertiary/aromatic N) is 2. The van der Waals surface area contributed by atoms with E-state index in [1.165, 1.54) is 12.3 Å². The van der Waals surface area contributed by atoms with Crippen molar-refractivity contribution >= 4 is 23.2 Å². The van der Waals surface area contributed by atoms with Crippen LogP contribution in [0.1, 0.15) is 15.9 Å². The minimum absolute atomic E-state index is 0.0108. The maximum Gasteiger partial charge on any atom is 0.337 e. The average molecular weight is 254 g/mol. The van der Waals surface area contributed by atoms with E-state index >= 15 is 0 Å². The molecule has 0 saturated carbocycles. The average Bonchev–Trinajstić information content (AvgIpc) is 2.41. The van der Waals surface area contributed by atoms with Gasteiger partial charge in [-0.2, -0.15) is 5.26 Å². The predicted octanol–water partition coefficient (Wildman–Crippen LogP) is 1.98. The van der Waals surface area contributed by atoms with Crippen molar-refractivity contribution in [2.24, 2.45) is 0 Å². The fourth-order valence-corrected chi connectivity index (χ4v) is 1.52. The van der Waals surface area contributed by atoms with Crippen LogP contribution in [-0.4, -0.2) is 16.1 Å². The SMILES string of the molecule is N#Cc1ccccc1Nc1ncc(C(=O)O)cc1N. The number of aromatic nitrogens is 1. The molecule has 0 aliphatic heterocycles. The summed E-state index contributed by atoms with van der Waals surface area (Å²) in [6.07, 6.45) is 1.20. The first kappa shape index (κ1) is 12.4. The number of nitrogens with one attached hydrogen (secondary N) is 1. The minimum Gasteiger partial charge on any atom is -0.478 e. The van der Waals surface area contributed by atoms with Crippen molar-refractivity contribution in [1.82, 2.24) is 4.98 Å². The quantitative estimate of drug-likeness (QED) is 0.772. The number of hydrogen-bond acceptors (Lipinski definition) is 5. The Hall–Kier alpha value is -3.07. The normalized spacial score (nSPS) is 9.63. The van der Waals surface area contributed by atoms with Gasteiger partial charge in [-0.3, -0.25) is 0 Å². The first-order valence-corrected chi connectivity index (χ1v) is 5.37. The van der Waals surface area contributed by atoms with E-state index in [1.54, 1.807) is 24.3 Å². The van der Waals surface area contributed by atoms with Crippen molar-refractivity contribution in [3.05, 3.63) is 47.7 Å². The number of para-hydroxylation sites is 1. The maximum atomic E-state index is 10.8. The number of benzene rings is 1. The molecule has 0 atom stereocenters. The van der Waals surface area contributed by atoms with E-state index in [0.717, 1.165) is 0 Å². The number of pyridine rings is 1. The Bertz CT molecular complexity index is 677. The monoisotopic (exact) mass is 254 g/mol. The van der Waals surface area contributed by atoms with Crippen LogP contribution in [0.4, 0.5) is 17.2 Å². The molecular formula is C13H10N4O2. The molecule has 0 aliphatic rings. The molecule has 6 nitrogen and oxygen atoms in total. The lowest BCUT2D eigenvalue weighted by molar-refractivity contribution is 0.0696. The van der Waals surface area contributed by atoms with Crippen LogP contribution in [0.2, 0.25) is 0 Å². The Morgan fingerprint density at radius 2 is 2.16 bits per heavy atom. The Morgan fingerprint density at radius 1 is 1.42 bits per heavy atom. The zero-order valence-electron chi connectivity index (χ0n) is 9.79. The van der Waals surface area contributed by atoms with E-state index in [9.17, 15) is 4.79 Å². The number of carboxylic acid groups (broad SMARTS) is 1. The molecule has 0 unspecified atom stereocenters. The number of anilines is 3. The van der Waals surface area contributed by atoms with Crippen molar-refractivity contribution in [3.63, 3.8) is 0 Å². The van der Waals surface area contributed by atoms with Gasteiger partial charge in [0.25, 0.3) is 0 Å². The number of nitriles is 1. The lowest BCUT2D eigenvalue weighted by Gasteiger charge is -2.09. The van der Waals surface area contributed by atoms with Crippen LogP contribution in [0.5, 0.6) is 0 Å². The van der Waals surface area contributed by atoms with E-state index in [0.29, 0.717) is 17.1 Å². The lowest BCUT2D eigenvalue weighted by atomic mass is 10.2. The molecule has 0 amide bonds. The number of nitrogen functional groups attached to an aromatic ring is 1. The summed E-state index contributed by atoms with van der Waals surface area (Å²) >= 11 is 0. The second-order valence-corrected chi connectivity index (χ2v) is 3.75. The highest BCUT2D eigenvalue weighted by atomic mass is 16.4. The first-order valence-electron chi connectivity index (χ1n) is 5.37. The first-order chi connectivity index (χ1) is 9.11.